The second-order valence-electron chi connectivity index (χ2n) is 6.90. The summed E-state index contributed by atoms with van der Waals surface area (Å²) in [5.74, 6) is 0.472. The zero-order valence-electron chi connectivity index (χ0n) is 15.7. The van der Waals surface area contributed by atoms with E-state index in [1.807, 2.05) is 13.8 Å². The Kier molecular flexibility index (Phi) is 7.10. The molecule has 0 aliphatic heterocycles. The highest BCUT2D eigenvalue weighted by Crippen LogP contribution is 2.30. The molecule has 1 N–H and O–H groups in total. The predicted octanol–water partition coefficient (Wildman–Crippen LogP) is 2.76. The quantitative estimate of drug-likeness (QED) is 0.795. The van der Waals surface area contributed by atoms with Gasteiger partial charge in [0.1, 0.15) is 11.4 Å². The number of nitrogens with zero attached hydrogens (tertiary/aromatic N) is 1. The number of carbonyl (C=O) groups is 1. The minimum atomic E-state index is -3.55. The van der Waals surface area contributed by atoms with Crippen LogP contribution in [0, 0.1) is 0 Å². The third-order valence-electron chi connectivity index (χ3n) is 2.88. The second-order valence-corrected chi connectivity index (χ2v) is 8.80. The molecule has 7 nitrogen and oxygen atoms in total. The van der Waals surface area contributed by atoms with Crippen molar-refractivity contribution < 1.29 is 22.7 Å². The number of hydrogen-bond donors (Lipinski definition) is 1. The van der Waals surface area contributed by atoms with Gasteiger partial charge in [0.25, 0.3) is 0 Å². The Morgan fingerprint density at radius 2 is 1.84 bits per heavy atom. The first kappa shape index (κ1) is 21.1. The maximum absolute atomic E-state index is 12.2. The lowest BCUT2D eigenvalue weighted by Crippen LogP contribution is -2.40. The van der Waals surface area contributed by atoms with E-state index < -0.39 is 21.7 Å². The molecule has 8 heteroatoms. The lowest BCUT2D eigenvalue weighted by atomic mass is 10.2. The first-order valence-electron chi connectivity index (χ1n) is 8.10. The van der Waals surface area contributed by atoms with Crippen LogP contribution in [0.1, 0.15) is 34.6 Å². The molecule has 25 heavy (non-hydrogen) atoms. The Labute approximate surface area is 150 Å². The van der Waals surface area contributed by atoms with Crippen molar-refractivity contribution in [1.82, 2.24) is 5.32 Å². The molecule has 1 amide bonds. The first-order valence-corrected chi connectivity index (χ1v) is 9.95. The van der Waals surface area contributed by atoms with Crippen LogP contribution in [-0.2, 0) is 14.8 Å². The van der Waals surface area contributed by atoms with Crippen molar-refractivity contribution in [3.8, 4) is 5.75 Å². The van der Waals surface area contributed by atoms with Crippen LogP contribution in [0.5, 0.6) is 5.75 Å². The van der Waals surface area contributed by atoms with Crippen molar-refractivity contribution in [3.05, 3.63) is 24.3 Å². The topological polar surface area (TPSA) is 84.9 Å². The van der Waals surface area contributed by atoms with E-state index in [0.717, 1.165) is 6.26 Å². The summed E-state index contributed by atoms with van der Waals surface area (Å²) < 4.78 is 36.5. The standard InChI is InChI=1S/C17H28N2O5S/c1-13(2)23-15-10-8-7-9-14(15)19(25(6,21)22)12-11-18-16(20)24-17(3,4)5/h7-10,13H,11-12H2,1-6H3,(H,18,20). The number of hydrogen-bond acceptors (Lipinski definition) is 5. The summed E-state index contributed by atoms with van der Waals surface area (Å²) in [6, 6.07) is 6.91. The van der Waals surface area contributed by atoms with Crippen LogP contribution >= 0.6 is 0 Å². The number of nitrogens with one attached hydrogen (secondary N) is 1. The van der Waals surface area contributed by atoms with Crippen LogP contribution in [0.15, 0.2) is 24.3 Å². The summed E-state index contributed by atoms with van der Waals surface area (Å²) in [5.41, 5.74) is -0.178. The minimum absolute atomic E-state index is 0.0660. The smallest absolute Gasteiger partial charge is 0.407 e. The van der Waals surface area contributed by atoms with Gasteiger partial charge in [0, 0.05) is 6.54 Å². The van der Waals surface area contributed by atoms with Crippen LogP contribution in [0.4, 0.5) is 10.5 Å². The largest absolute Gasteiger partial charge is 0.489 e. The molecule has 0 aromatic heterocycles. The molecule has 0 saturated heterocycles. The number of rotatable bonds is 7. The third kappa shape index (κ3) is 7.64. The van der Waals surface area contributed by atoms with Gasteiger partial charge < -0.3 is 14.8 Å². The van der Waals surface area contributed by atoms with Gasteiger partial charge in [0.05, 0.1) is 24.6 Å². The van der Waals surface area contributed by atoms with Gasteiger partial charge >= 0.3 is 6.09 Å². The van der Waals surface area contributed by atoms with Crippen LogP contribution < -0.4 is 14.4 Å². The van der Waals surface area contributed by atoms with Gasteiger partial charge in [-0.15, -0.1) is 0 Å². The molecule has 1 rings (SSSR count). The van der Waals surface area contributed by atoms with E-state index in [9.17, 15) is 13.2 Å². The minimum Gasteiger partial charge on any atom is -0.489 e. The molecule has 0 aliphatic carbocycles. The number of para-hydroxylation sites is 2. The highest BCUT2D eigenvalue weighted by molar-refractivity contribution is 7.92. The molecule has 0 fully saturated rings. The molecule has 0 saturated carbocycles. The summed E-state index contributed by atoms with van der Waals surface area (Å²) in [7, 11) is -3.55. The van der Waals surface area contributed by atoms with Crippen LogP contribution in [0.3, 0.4) is 0 Å². The summed E-state index contributed by atoms with van der Waals surface area (Å²) in [6.07, 6.45) is 0.433. The van der Waals surface area contributed by atoms with Crippen LogP contribution in [0.25, 0.3) is 0 Å². The lowest BCUT2D eigenvalue weighted by Gasteiger charge is -2.26. The Hall–Kier alpha value is -1.96. The van der Waals surface area contributed by atoms with Gasteiger partial charge in [0.15, 0.2) is 0 Å². The average molecular weight is 372 g/mol. The van der Waals surface area contributed by atoms with Gasteiger partial charge in [-0.3, -0.25) is 4.31 Å². The van der Waals surface area contributed by atoms with E-state index in [1.54, 1.807) is 45.0 Å². The maximum Gasteiger partial charge on any atom is 0.407 e. The molecule has 0 bridgehead atoms. The maximum atomic E-state index is 12.2. The molecule has 0 heterocycles. The van der Waals surface area contributed by atoms with Gasteiger partial charge in [-0.05, 0) is 46.8 Å². The molecule has 0 atom stereocenters. The zero-order valence-corrected chi connectivity index (χ0v) is 16.5. The lowest BCUT2D eigenvalue weighted by molar-refractivity contribution is 0.0529. The summed E-state index contributed by atoms with van der Waals surface area (Å²) in [6.45, 7) is 9.18. The number of ether oxygens (including phenoxy) is 2. The van der Waals surface area contributed by atoms with Gasteiger partial charge in [-0.25, -0.2) is 13.2 Å². The molecular formula is C17H28N2O5S. The summed E-state index contributed by atoms with van der Waals surface area (Å²) in [4.78, 5) is 11.7. The molecule has 0 unspecified atom stereocenters. The predicted molar refractivity (Wildman–Crippen MR) is 98.6 cm³/mol. The van der Waals surface area contributed by atoms with E-state index in [1.165, 1.54) is 4.31 Å². The van der Waals surface area contributed by atoms with Crippen LogP contribution in [0.2, 0.25) is 0 Å². The average Bonchev–Trinajstić information content (AvgIpc) is 2.41. The van der Waals surface area contributed by atoms with E-state index >= 15 is 0 Å². The molecule has 0 aliphatic rings. The molecular weight excluding hydrogens is 344 g/mol. The fourth-order valence-corrected chi connectivity index (χ4v) is 2.99. The highest BCUT2D eigenvalue weighted by atomic mass is 32.2. The number of carbonyl (C=O) groups excluding carboxylic acids is 1. The summed E-state index contributed by atoms with van der Waals surface area (Å²) >= 11 is 0. The Morgan fingerprint density at radius 1 is 1.24 bits per heavy atom. The van der Waals surface area contributed by atoms with Crippen LogP contribution in [-0.4, -0.2) is 45.6 Å². The van der Waals surface area contributed by atoms with Crippen molar-refractivity contribution in [3.63, 3.8) is 0 Å². The van der Waals surface area contributed by atoms with Gasteiger partial charge in [-0.1, -0.05) is 12.1 Å². The number of amides is 1. The number of alkyl carbamates (subject to hydrolysis) is 1. The molecule has 142 valence electrons. The first-order chi connectivity index (χ1) is 11.4. The Bertz CT molecular complexity index is 681. The van der Waals surface area contributed by atoms with Gasteiger partial charge in [-0.2, -0.15) is 0 Å². The fraction of sp³-hybridized carbons (Fsp3) is 0.588. The molecule has 0 spiro atoms. The Morgan fingerprint density at radius 3 is 2.36 bits per heavy atom. The summed E-state index contributed by atoms with van der Waals surface area (Å²) in [5, 5.41) is 2.56. The number of anilines is 1. The Balaban J connectivity index is 2.89. The highest BCUT2D eigenvalue weighted by Gasteiger charge is 2.22. The van der Waals surface area contributed by atoms with Crippen molar-refractivity contribution in [2.45, 2.75) is 46.3 Å². The van der Waals surface area contributed by atoms with E-state index in [0.29, 0.717) is 11.4 Å². The number of benzene rings is 1. The number of sulfonamides is 1. The molecule has 1 aromatic carbocycles. The van der Waals surface area contributed by atoms with Gasteiger partial charge in [0.2, 0.25) is 10.0 Å². The third-order valence-corrected chi connectivity index (χ3v) is 4.06. The normalized spacial score (nSPS) is 12.0. The van der Waals surface area contributed by atoms with E-state index in [4.69, 9.17) is 9.47 Å². The molecule has 0 radical (unpaired) electrons. The van der Waals surface area contributed by atoms with Crippen molar-refractivity contribution >= 4 is 21.8 Å². The SMILES string of the molecule is CC(C)Oc1ccccc1N(CCNC(=O)OC(C)(C)C)S(C)(=O)=O. The second kappa shape index (κ2) is 8.42. The van der Waals surface area contributed by atoms with E-state index in [-0.39, 0.29) is 19.2 Å². The monoisotopic (exact) mass is 372 g/mol. The van der Waals surface area contributed by atoms with Crippen molar-refractivity contribution in [2.75, 3.05) is 23.7 Å². The zero-order chi connectivity index (χ0) is 19.3. The molecule has 1 aromatic rings. The fourth-order valence-electron chi connectivity index (χ4n) is 2.06. The van der Waals surface area contributed by atoms with Crippen molar-refractivity contribution in [2.24, 2.45) is 0 Å². The van der Waals surface area contributed by atoms with E-state index in [2.05, 4.69) is 5.32 Å². The van der Waals surface area contributed by atoms with Crippen molar-refractivity contribution in [1.29, 1.82) is 0 Å².